The Balaban J connectivity index is 1.46. The van der Waals surface area contributed by atoms with E-state index in [0.29, 0.717) is 23.3 Å². The Morgan fingerprint density at radius 3 is 1.47 bits per heavy atom. The summed E-state index contributed by atoms with van der Waals surface area (Å²) in [6, 6.07) is 33.0. The van der Waals surface area contributed by atoms with Crippen molar-refractivity contribution in [2.24, 2.45) is 30.0 Å². The summed E-state index contributed by atoms with van der Waals surface area (Å²) in [5, 5.41) is 2.05. The average Bonchev–Trinajstić information content (AvgIpc) is 3.67. The molecule has 0 radical (unpaired) electrons. The molecule has 0 unspecified atom stereocenters. The van der Waals surface area contributed by atoms with Gasteiger partial charge in [0.1, 0.15) is 0 Å². The van der Waals surface area contributed by atoms with E-state index in [2.05, 4.69) is 87.6 Å². The van der Waals surface area contributed by atoms with Gasteiger partial charge in [-0.05, 0) is 0 Å². The van der Waals surface area contributed by atoms with Crippen LogP contribution in [0.15, 0.2) is 127 Å². The molecule has 0 fully saturated rings. The van der Waals surface area contributed by atoms with E-state index in [-0.39, 0.29) is 0 Å². The Labute approximate surface area is 263 Å². The van der Waals surface area contributed by atoms with Gasteiger partial charge in [0.25, 0.3) is 0 Å². The van der Waals surface area contributed by atoms with Crippen LogP contribution in [0.1, 0.15) is 40.3 Å². The summed E-state index contributed by atoms with van der Waals surface area (Å²) in [5.41, 5.74) is 6.68. The van der Waals surface area contributed by atoms with Crippen LogP contribution in [0.2, 0.25) is 0 Å². The van der Waals surface area contributed by atoms with Crippen LogP contribution in [0.25, 0.3) is 10.8 Å². The molecule has 5 aromatic rings. The van der Waals surface area contributed by atoms with E-state index in [1.807, 2.05) is 43.3 Å². The van der Waals surface area contributed by atoms with Crippen LogP contribution in [-0.2, 0) is 0 Å². The molecule has 1 N–H and O–H groups in total. The summed E-state index contributed by atoms with van der Waals surface area (Å²) in [6.45, 7) is 2.03. The van der Waals surface area contributed by atoms with Gasteiger partial charge in [-0.1, -0.05) is 0 Å². The second-order valence-corrected chi connectivity index (χ2v) is 19.8. The predicted octanol–water partition coefficient (Wildman–Crippen LogP) is 6.46. The minimum absolute atomic E-state index is 0.650. The van der Waals surface area contributed by atoms with Gasteiger partial charge in [0, 0.05) is 0 Å². The molecule has 8 nitrogen and oxygen atoms in total. The molecule has 202 valence electrons. The van der Waals surface area contributed by atoms with Gasteiger partial charge in [0.2, 0.25) is 0 Å². The number of nitrogens with zero attached hydrogens (tertiary/aromatic N) is 7. The molecular formula is C33H20GaIN8. The zero-order valence-corrected chi connectivity index (χ0v) is 27.4. The molecule has 6 bridgehead atoms. The van der Waals surface area contributed by atoms with Gasteiger partial charge in [-0.15, -0.1) is 0 Å². The summed E-state index contributed by atoms with van der Waals surface area (Å²) < 4.78 is 6.23. The van der Waals surface area contributed by atoms with Crippen molar-refractivity contribution < 1.29 is 0 Å². The number of aliphatic imine (C=N–C) groups is 6. The molecule has 0 aliphatic carbocycles. The molecule has 9 rings (SSSR count). The van der Waals surface area contributed by atoms with E-state index < -0.39 is 13.2 Å². The quantitative estimate of drug-likeness (QED) is 0.144. The number of hydrogen-bond acceptors (Lipinski definition) is 7. The Kier molecular flexibility index (Phi) is 5.59. The van der Waals surface area contributed by atoms with Crippen molar-refractivity contribution in [3.63, 3.8) is 0 Å². The molecular weight excluding hydrogens is 705 g/mol. The first-order chi connectivity index (χ1) is 21.1. The molecule has 4 aromatic carbocycles. The summed E-state index contributed by atoms with van der Waals surface area (Å²) in [6.07, 6.45) is 0. The van der Waals surface area contributed by atoms with Crippen molar-refractivity contribution in [3.8, 4) is 0 Å². The van der Waals surface area contributed by atoms with E-state index in [1.54, 1.807) is 0 Å². The van der Waals surface area contributed by atoms with Crippen LogP contribution in [0, 0.1) is 0 Å². The second kappa shape index (κ2) is 9.56. The first-order valence-electron chi connectivity index (χ1n) is 14.0. The summed E-state index contributed by atoms with van der Waals surface area (Å²) in [7, 11) is 0. The van der Waals surface area contributed by atoms with Crippen molar-refractivity contribution in [1.82, 2.24) is 7.30 Å². The number of rotatable bonds is 0. The van der Waals surface area contributed by atoms with Crippen LogP contribution in [0.3, 0.4) is 0 Å². The first kappa shape index (κ1) is 25.1. The standard InChI is InChI=1S/C33H20N8.Ga.HI/c1-18-19-10-2-3-11-20(19)27(34)36-29-22-13-5-7-15-24(22)31(38-29)40-33-26-17-9-8-16-25(26)32(41-33)39-30-23-14-6-4-12-21(23)28(35-18)37-30;;/h2-17H,1H3,(H-2,34,35,36,37,38,39,40,41);;1H/q-2;+3;/p-1. The summed E-state index contributed by atoms with van der Waals surface area (Å²) in [5.74, 6) is 5.08. The summed E-state index contributed by atoms with van der Waals surface area (Å²) in [4.78, 5) is 30.9. The Morgan fingerprint density at radius 1 is 0.512 bits per heavy atom. The molecule has 1 aromatic heterocycles. The molecule has 0 amide bonds. The van der Waals surface area contributed by atoms with Crippen LogP contribution >= 0.6 is 19.7 Å². The fourth-order valence-electron chi connectivity index (χ4n) is 6.08. The molecule has 43 heavy (non-hydrogen) atoms. The fraction of sp³-hybridized carbons (Fsp3) is 0.0303. The van der Waals surface area contributed by atoms with E-state index >= 15 is 0 Å². The minimum atomic E-state index is -2.75. The number of nitrogens with one attached hydrogen (secondary N) is 1. The molecule has 0 spiro atoms. The third-order valence-corrected chi connectivity index (χ3v) is 15.6. The van der Waals surface area contributed by atoms with Gasteiger partial charge in [0.15, 0.2) is 0 Å². The predicted molar refractivity (Wildman–Crippen MR) is 184 cm³/mol. The second-order valence-electron chi connectivity index (χ2n) is 10.6. The monoisotopic (exact) mass is 724 g/mol. The van der Waals surface area contributed by atoms with E-state index in [4.69, 9.17) is 30.0 Å². The fourth-order valence-corrected chi connectivity index (χ4v) is 13.3. The van der Waals surface area contributed by atoms with E-state index in [1.165, 1.54) is 0 Å². The van der Waals surface area contributed by atoms with Gasteiger partial charge in [-0.25, -0.2) is 0 Å². The number of hydrogen-bond donors (Lipinski definition) is 1. The number of fused-ring (bicyclic) bond motifs is 15. The van der Waals surface area contributed by atoms with Crippen LogP contribution in [0.4, 0.5) is 11.6 Å². The number of halogens is 1. The van der Waals surface area contributed by atoms with Gasteiger partial charge in [-0.2, -0.15) is 0 Å². The van der Waals surface area contributed by atoms with E-state index in [9.17, 15) is 0 Å². The zero-order chi connectivity index (χ0) is 28.7. The Morgan fingerprint density at radius 2 is 0.930 bits per heavy atom. The average molecular weight is 725 g/mol. The third kappa shape index (κ3) is 3.83. The Hall–Kier alpha value is -4.39. The number of amidine groups is 5. The maximum atomic E-state index is 5.32. The SMILES string of the molecule is CC1=NC2=NC(=Nc3c4ccccc4c4[n]3[Ga]([I])[NH]C(=NC3=NC(=N4)c4ccccc43)c3ccccc31)c1ccccc12. The van der Waals surface area contributed by atoms with Gasteiger partial charge >= 0.3 is 265 Å². The molecule has 0 saturated heterocycles. The van der Waals surface area contributed by atoms with Gasteiger partial charge < -0.3 is 0 Å². The number of aromatic nitrogens is 1. The first-order valence-corrected chi connectivity index (χ1v) is 23.6. The van der Waals surface area contributed by atoms with Crippen molar-refractivity contribution in [2.75, 3.05) is 0 Å². The van der Waals surface area contributed by atoms with Crippen LogP contribution in [0.5, 0.6) is 0 Å². The van der Waals surface area contributed by atoms with E-state index in [0.717, 1.165) is 67.3 Å². The van der Waals surface area contributed by atoms with Gasteiger partial charge in [-0.3, -0.25) is 0 Å². The van der Waals surface area contributed by atoms with Crippen molar-refractivity contribution in [2.45, 2.75) is 6.92 Å². The summed E-state index contributed by atoms with van der Waals surface area (Å²) >= 11 is -0.154. The van der Waals surface area contributed by atoms with Gasteiger partial charge in [0.05, 0.1) is 0 Å². The third-order valence-electron chi connectivity index (χ3n) is 8.08. The molecule has 10 heteroatoms. The molecule has 5 heterocycles. The van der Waals surface area contributed by atoms with Crippen molar-refractivity contribution in [3.05, 3.63) is 130 Å². The normalized spacial score (nSPS) is 16.2. The molecule has 0 saturated carbocycles. The topological polar surface area (TPSA) is 91.1 Å². The van der Waals surface area contributed by atoms with Crippen molar-refractivity contribution >= 4 is 90.1 Å². The number of benzene rings is 4. The van der Waals surface area contributed by atoms with Crippen LogP contribution in [-0.4, -0.2) is 51.3 Å². The van der Waals surface area contributed by atoms with Crippen LogP contribution < -0.4 is 4.02 Å². The molecule has 4 aliphatic rings. The van der Waals surface area contributed by atoms with Crippen molar-refractivity contribution in [1.29, 1.82) is 0 Å². The molecule has 0 atom stereocenters. The maximum absolute atomic E-state index is 5.32. The Bertz CT molecular complexity index is 2250. The molecule has 4 aliphatic heterocycles. The zero-order valence-electron chi connectivity index (χ0n) is 22.8.